The summed E-state index contributed by atoms with van der Waals surface area (Å²) in [4.78, 5) is 22.2. The lowest BCUT2D eigenvalue weighted by atomic mass is 10.2. The lowest BCUT2D eigenvalue weighted by molar-refractivity contribution is -0.141. The van der Waals surface area contributed by atoms with Crippen LogP contribution in [0.1, 0.15) is 52.0 Å². The topological polar surface area (TPSA) is 72.8 Å². The van der Waals surface area contributed by atoms with Crippen LogP contribution in [0.15, 0.2) is 60.7 Å². The molecule has 0 aromatic heterocycles. The molecule has 160 valence electrons. The highest BCUT2D eigenvalue weighted by atomic mass is 16.5. The maximum absolute atomic E-state index is 11.6. The summed E-state index contributed by atoms with van der Waals surface area (Å²) in [5.74, 6) is -0.787. The molecule has 0 amide bonds. The van der Waals surface area contributed by atoms with E-state index in [0.29, 0.717) is 17.8 Å². The van der Waals surface area contributed by atoms with E-state index in [1.54, 1.807) is 19.9 Å². The van der Waals surface area contributed by atoms with E-state index < -0.39 is 12.1 Å². The molecule has 1 atom stereocenters. The number of carbonyl (C=O) groups is 2. The van der Waals surface area contributed by atoms with Gasteiger partial charge in [-0.25, -0.2) is 9.59 Å². The first-order chi connectivity index (χ1) is 13.8. The van der Waals surface area contributed by atoms with Crippen molar-refractivity contribution in [3.05, 3.63) is 66.3 Å². The van der Waals surface area contributed by atoms with Crippen LogP contribution < -0.4 is 0 Å². The number of esters is 2. The third kappa shape index (κ3) is 15.0. The fraction of sp³-hybridized carbons (Fsp3) is 0.417. The normalized spacial score (nSPS) is 11.2. The second-order valence-corrected chi connectivity index (χ2v) is 6.69. The molecule has 1 rings (SSSR count). The Morgan fingerprint density at radius 2 is 1.72 bits per heavy atom. The fourth-order valence-corrected chi connectivity index (χ4v) is 1.93. The van der Waals surface area contributed by atoms with E-state index in [1.165, 1.54) is 12.8 Å². The van der Waals surface area contributed by atoms with Crippen LogP contribution in [-0.4, -0.2) is 36.4 Å². The maximum atomic E-state index is 11.6. The van der Waals surface area contributed by atoms with E-state index in [-0.39, 0.29) is 12.6 Å². The van der Waals surface area contributed by atoms with Gasteiger partial charge in [0.05, 0.1) is 18.3 Å². The van der Waals surface area contributed by atoms with Crippen molar-refractivity contribution in [1.82, 2.24) is 0 Å². The SMILES string of the molecule is C=C(C)C(=O)OCC(C)O.C=C(C=Cc1ccccc1)C(=O)OCCCCCC. The molecule has 0 fully saturated rings. The first-order valence-corrected chi connectivity index (χ1v) is 9.87. The van der Waals surface area contributed by atoms with Gasteiger partial charge in [0, 0.05) is 5.57 Å². The average Bonchev–Trinajstić information content (AvgIpc) is 2.71. The zero-order chi connectivity index (χ0) is 22.1. The maximum Gasteiger partial charge on any atom is 0.337 e. The second kappa shape index (κ2) is 16.3. The van der Waals surface area contributed by atoms with Gasteiger partial charge in [-0.2, -0.15) is 0 Å². The minimum absolute atomic E-state index is 0.0334. The lowest BCUT2D eigenvalue weighted by Crippen LogP contribution is -2.15. The third-order valence-corrected chi connectivity index (χ3v) is 3.57. The Bertz CT molecular complexity index is 659. The van der Waals surface area contributed by atoms with Crippen LogP contribution in [-0.2, 0) is 19.1 Å². The van der Waals surface area contributed by atoms with Crippen molar-refractivity contribution in [2.45, 2.75) is 52.6 Å². The highest BCUT2D eigenvalue weighted by molar-refractivity contribution is 5.92. The van der Waals surface area contributed by atoms with Crippen molar-refractivity contribution < 1.29 is 24.2 Å². The lowest BCUT2D eigenvalue weighted by Gasteiger charge is -2.04. The van der Waals surface area contributed by atoms with Crippen LogP contribution in [0.3, 0.4) is 0 Å². The molecule has 0 saturated carbocycles. The molecule has 0 bridgehead atoms. The van der Waals surface area contributed by atoms with E-state index >= 15 is 0 Å². The summed E-state index contributed by atoms with van der Waals surface area (Å²) in [7, 11) is 0. The van der Waals surface area contributed by atoms with Crippen molar-refractivity contribution in [3.63, 3.8) is 0 Å². The van der Waals surface area contributed by atoms with Gasteiger partial charge in [0.15, 0.2) is 0 Å². The highest BCUT2D eigenvalue weighted by Gasteiger charge is 2.05. The summed E-state index contributed by atoms with van der Waals surface area (Å²) in [5, 5.41) is 8.68. The van der Waals surface area contributed by atoms with Gasteiger partial charge < -0.3 is 14.6 Å². The number of carbonyl (C=O) groups excluding carboxylic acids is 2. The zero-order valence-electron chi connectivity index (χ0n) is 17.9. The number of hydrogen-bond acceptors (Lipinski definition) is 5. The number of hydrogen-bond donors (Lipinski definition) is 1. The van der Waals surface area contributed by atoms with Crippen molar-refractivity contribution in [2.24, 2.45) is 0 Å². The van der Waals surface area contributed by atoms with Gasteiger partial charge in [0.1, 0.15) is 6.61 Å². The quantitative estimate of drug-likeness (QED) is 0.247. The van der Waals surface area contributed by atoms with Crippen molar-refractivity contribution >= 4 is 18.0 Å². The Hall–Kier alpha value is -2.66. The predicted octanol–water partition coefficient (Wildman–Crippen LogP) is 4.87. The van der Waals surface area contributed by atoms with E-state index in [9.17, 15) is 9.59 Å². The Morgan fingerprint density at radius 1 is 1.07 bits per heavy atom. The van der Waals surface area contributed by atoms with Crippen molar-refractivity contribution in [3.8, 4) is 0 Å². The molecule has 0 aliphatic carbocycles. The first kappa shape index (κ1) is 26.3. The standard InChI is InChI=1S/C17H22O2.C7H12O3/c1-3-4-5-9-14-19-17(18)15(2)12-13-16-10-7-6-8-11-16;1-5(2)7(9)10-4-6(3)8/h6-8,10-13H,2-5,9,14H2,1H3;6,8H,1,4H2,2-3H3. The van der Waals surface area contributed by atoms with Gasteiger partial charge in [-0.05, 0) is 31.9 Å². The van der Waals surface area contributed by atoms with Gasteiger partial charge >= 0.3 is 11.9 Å². The Morgan fingerprint density at radius 3 is 2.28 bits per heavy atom. The van der Waals surface area contributed by atoms with Crippen molar-refractivity contribution in [1.29, 1.82) is 0 Å². The monoisotopic (exact) mass is 402 g/mol. The number of benzene rings is 1. The van der Waals surface area contributed by atoms with Crippen LogP contribution in [0.4, 0.5) is 0 Å². The van der Waals surface area contributed by atoms with Gasteiger partial charge in [-0.1, -0.05) is 75.8 Å². The van der Waals surface area contributed by atoms with Gasteiger partial charge in [-0.3, -0.25) is 0 Å². The Kier molecular flexibility index (Phi) is 14.8. The molecule has 0 aliphatic heterocycles. The second-order valence-electron chi connectivity index (χ2n) is 6.69. The predicted molar refractivity (Wildman–Crippen MR) is 117 cm³/mol. The van der Waals surface area contributed by atoms with Crippen LogP contribution >= 0.6 is 0 Å². The summed E-state index contributed by atoms with van der Waals surface area (Å²) < 4.78 is 9.73. The summed E-state index contributed by atoms with van der Waals surface area (Å²) >= 11 is 0. The summed E-state index contributed by atoms with van der Waals surface area (Å²) in [6, 6.07) is 9.80. The van der Waals surface area contributed by atoms with E-state index in [0.717, 1.165) is 18.4 Å². The molecule has 1 unspecified atom stereocenters. The fourth-order valence-electron chi connectivity index (χ4n) is 1.93. The zero-order valence-corrected chi connectivity index (χ0v) is 17.9. The van der Waals surface area contributed by atoms with Gasteiger partial charge in [-0.15, -0.1) is 0 Å². The summed E-state index contributed by atoms with van der Waals surface area (Å²) in [5.41, 5.74) is 1.78. The summed E-state index contributed by atoms with van der Waals surface area (Å²) in [6.45, 7) is 12.9. The van der Waals surface area contributed by atoms with E-state index in [4.69, 9.17) is 9.84 Å². The van der Waals surface area contributed by atoms with E-state index in [1.807, 2.05) is 36.4 Å². The molecule has 0 saturated heterocycles. The number of unbranched alkanes of at least 4 members (excludes halogenated alkanes) is 3. The van der Waals surface area contributed by atoms with Gasteiger partial charge in [0.25, 0.3) is 0 Å². The molecular formula is C24H34O5. The van der Waals surface area contributed by atoms with Crippen LogP contribution in [0.2, 0.25) is 0 Å². The molecule has 0 aliphatic rings. The van der Waals surface area contributed by atoms with Crippen LogP contribution in [0, 0.1) is 0 Å². The minimum Gasteiger partial charge on any atom is -0.462 e. The number of aliphatic hydroxyl groups is 1. The molecule has 0 spiro atoms. The largest absolute Gasteiger partial charge is 0.462 e. The number of aliphatic hydroxyl groups excluding tert-OH is 1. The highest BCUT2D eigenvalue weighted by Crippen LogP contribution is 2.06. The number of ether oxygens (including phenoxy) is 2. The van der Waals surface area contributed by atoms with Crippen LogP contribution in [0.25, 0.3) is 6.08 Å². The van der Waals surface area contributed by atoms with Crippen molar-refractivity contribution in [2.75, 3.05) is 13.2 Å². The van der Waals surface area contributed by atoms with Gasteiger partial charge in [0.2, 0.25) is 0 Å². The smallest absolute Gasteiger partial charge is 0.337 e. The third-order valence-electron chi connectivity index (χ3n) is 3.57. The number of rotatable bonds is 11. The molecule has 1 N–H and O–H groups in total. The molecular weight excluding hydrogens is 368 g/mol. The van der Waals surface area contributed by atoms with E-state index in [2.05, 4.69) is 24.8 Å². The minimum atomic E-state index is -0.608. The molecule has 0 radical (unpaired) electrons. The molecule has 29 heavy (non-hydrogen) atoms. The molecule has 1 aromatic carbocycles. The summed E-state index contributed by atoms with van der Waals surface area (Å²) in [6.07, 6.45) is 7.35. The van der Waals surface area contributed by atoms with Crippen LogP contribution in [0.5, 0.6) is 0 Å². The Balaban J connectivity index is 0.000000665. The Labute approximate surface area is 174 Å². The molecule has 5 heteroatoms. The first-order valence-electron chi connectivity index (χ1n) is 9.87. The molecule has 1 aromatic rings. The molecule has 0 heterocycles. The average molecular weight is 403 g/mol. The molecule has 5 nitrogen and oxygen atoms in total.